The maximum Gasteiger partial charge on any atom is 0.305 e. The molecule has 2 aliphatic heterocycles. The summed E-state index contributed by atoms with van der Waals surface area (Å²) in [6, 6.07) is 5.96. The SMILES string of the molecule is CCC(=O)OCCN(C(=O)CCCOc1ccc2c(c1)CN1CC(=O)NC1=N2)C1CCCCC1. The van der Waals surface area contributed by atoms with Crippen molar-refractivity contribution in [1.82, 2.24) is 15.1 Å². The topological polar surface area (TPSA) is 101 Å². The molecule has 9 heteroatoms. The van der Waals surface area contributed by atoms with Crippen LogP contribution in [0.5, 0.6) is 5.75 Å². The van der Waals surface area contributed by atoms with Gasteiger partial charge in [-0.05, 0) is 37.5 Å². The van der Waals surface area contributed by atoms with Gasteiger partial charge in [0.2, 0.25) is 17.8 Å². The third kappa shape index (κ3) is 6.07. The molecule has 3 aliphatic rings. The van der Waals surface area contributed by atoms with Gasteiger partial charge in [-0.2, -0.15) is 0 Å². The fourth-order valence-corrected chi connectivity index (χ4v) is 4.75. The number of aliphatic imine (C=N–C) groups is 1. The zero-order valence-electron chi connectivity index (χ0n) is 19.9. The molecule has 1 aromatic carbocycles. The van der Waals surface area contributed by atoms with Crippen LogP contribution >= 0.6 is 0 Å². The maximum atomic E-state index is 13.0. The highest BCUT2D eigenvalue weighted by Gasteiger charge is 2.29. The van der Waals surface area contributed by atoms with Gasteiger partial charge >= 0.3 is 5.97 Å². The van der Waals surface area contributed by atoms with E-state index < -0.39 is 0 Å². The lowest BCUT2D eigenvalue weighted by molar-refractivity contribution is -0.146. The van der Waals surface area contributed by atoms with Crippen LogP contribution < -0.4 is 10.1 Å². The molecule has 0 atom stereocenters. The lowest BCUT2D eigenvalue weighted by Crippen LogP contribution is -2.43. The first-order chi connectivity index (χ1) is 16.5. The highest BCUT2D eigenvalue weighted by molar-refractivity contribution is 6.05. The van der Waals surface area contributed by atoms with E-state index in [9.17, 15) is 14.4 Å². The Kier molecular flexibility index (Phi) is 8.03. The third-order valence-corrected chi connectivity index (χ3v) is 6.55. The number of guanidine groups is 1. The lowest BCUT2D eigenvalue weighted by atomic mass is 9.94. The van der Waals surface area contributed by atoms with Crippen molar-refractivity contribution in [2.45, 2.75) is 70.9 Å². The smallest absolute Gasteiger partial charge is 0.305 e. The molecular formula is C25H34N4O5. The predicted octanol–water partition coefficient (Wildman–Crippen LogP) is 2.89. The average molecular weight is 471 g/mol. The minimum atomic E-state index is -0.232. The minimum Gasteiger partial charge on any atom is -0.494 e. The number of esters is 1. The van der Waals surface area contributed by atoms with Crippen molar-refractivity contribution in [3.8, 4) is 5.75 Å². The van der Waals surface area contributed by atoms with E-state index in [1.54, 1.807) is 6.92 Å². The van der Waals surface area contributed by atoms with E-state index >= 15 is 0 Å². The summed E-state index contributed by atoms with van der Waals surface area (Å²) in [5.74, 6) is 1.17. The van der Waals surface area contributed by atoms with Crippen LogP contribution in [-0.2, 0) is 25.7 Å². The highest BCUT2D eigenvalue weighted by atomic mass is 16.5. The van der Waals surface area contributed by atoms with Gasteiger partial charge in [-0.15, -0.1) is 0 Å². The van der Waals surface area contributed by atoms with Gasteiger partial charge in [-0.1, -0.05) is 26.2 Å². The van der Waals surface area contributed by atoms with Gasteiger partial charge < -0.3 is 19.3 Å². The zero-order valence-corrected chi connectivity index (χ0v) is 19.9. The fraction of sp³-hybridized carbons (Fsp3) is 0.600. The van der Waals surface area contributed by atoms with Gasteiger partial charge in [0.05, 0.1) is 18.8 Å². The molecule has 0 radical (unpaired) electrons. The number of amides is 2. The molecule has 1 aromatic rings. The van der Waals surface area contributed by atoms with Gasteiger partial charge in [-0.25, -0.2) is 4.99 Å². The zero-order chi connectivity index (χ0) is 23.9. The summed E-state index contributed by atoms with van der Waals surface area (Å²) < 4.78 is 11.1. The molecule has 0 bridgehead atoms. The summed E-state index contributed by atoms with van der Waals surface area (Å²) in [6.45, 7) is 3.85. The van der Waals surface area contributed by atoms with E-state index in [2.05, 4.69) is 10.3 Å². The van der Waals surface area contributed by atoms with E-state index in [1.165, 1.54) is 6.42 Å². The molecule has 1 N–H and O–H groups in total. The summed E-state index contributed by atoms with van der Waals surface area (Å²) in [6.07, 6.45) is 6.88. The quantitative estimate of drug-likeness (QED) is 0.417. The molecule has 1 saturated carbocycles. The van der Waals surface area contributed by atoms with Crippen LogP contribution in [0.1, 0.15) is 63.9 Å². The molecular weight excluding hydrogens is 436 g/mol. The van der Waals surface area contributed by atoms with E-state index in [0.717, 1.165) is 42.7 Å². The molecule has 2 heterocycles. The third-order valence-electron chi connectivity index (χ3n) is 6.55. The summed E-state index contributed by atoms with van der Waals surface area (Å²) >= 11 is 0. The Balaban J connectivity index is 1.25. The number of nitrogens with zero attached hydrogens (tertiary/aromatic N) is 3. The molecule has 4 rings (SSSR count). The Labute approximate surface area is 200 Å². The highest BCUT2D eigenvalue weighted by Crippen LogP contribution is 2.30. The number of fused-ring (bicyclic) bond motifs is 2. The Hall–Kier alpha value is -3.10. The van der Waals surface area contributed by atoms with Crippen molar-refractivity contribution >= 4 is 29.4 Å². The van der Waals surface area contributed by atoms with Crippen molar-refractivity contribution in [3.63, 3.8) is 0 Å². The summed E-state index contributed by atoms with van der Waals surface area (Å²) in [4.78, 5) is 44.4. The average Bonchev–Trinajstić information content (AvgIpc) is 3.21. The molecule has 1 aliphatic carbocycles. The van der Waals surface area contributed by atoms with Crippen LogP contribution in [0.3, 0.4) is 0 Å². The molecule has 1 saturated heterocycles. The Morgan fingerprint density at radius 1 is 1.18 bits per heavy atom. The van der Waals surface area contributed by atoms with Crippen molar-refractivity contribution in [2.24, 2.45) is 4.99 Å². The molecule has 2 amide bonds. The maximum absolute atomic E-state index is 13.0. The second-order valence-corrected chi connectivity index (χ2v) is 9.04. The van der Waals surface area contributed by atoms with Crippen LogP contribution in [0.2, 0.25) is 0 Å². The lowest BCUT2D eigenvalue weighted by Gasteiger charge is -2.34. The van der Waals surface area contributed by atoms with E-state index in [-0.39, 0.29) is 30.4 Å². The van der Waals surface area contributed by atoms with Crippen LogP contribution in [0.25, 0.3) is 0 Å². The van der Waals surface area contributed by atoms with Gasteiger partial charge in [0.1, 0.15) is 18.9 Å². The number of carbonyl (C=O) groups excluding carboxylic acids is 3. The molecule has 9 nitrogen and oxygen atoms in total. The first kappa shape index (κ1) is 24.0. The number of nitrogens with one attached hydrogen (secondary N) is 1. The van der Waals surface area contributed by atoms with Crippen molar-refractivity contribution in [1.29, 1.82) is 0 Å². The van der Waals surface area contributed by atoms with E-state index in [4.69, 9.17) is 9.47 Å². The minimum absolute atomic E-state index is 0.0431. The number of benzene rings is 1. The van der Waals surface area contributed by atoms with Gasteiger partial charge in [0.15, 0.2) is 0 Å². The summed E-state index contributed by atoms with van der Waals surface area (Å²) in [5.41, 5.74) is 1.85. The Bertz CT molecular complexity index is 941. The van der Waals surface area contributed by atoms with Gasteiger partial charge in [0.25, 0.3) is 0 Å². The van der Waals surface area contributed by atoms with Crippen molar-refractivity contribution in [3.05, 3.63) is 23.8 Å². The van der Waals surface area contributed by atoms with Crippen LogP contribution in [0.4, 0.5) is 5.69 Å². The van der Waals surface area contributed by atoms with Gasteiger partial charge in [0, 0.05) is 31.0 Å². The first-order valence-corrected chi connectivity index (χ1v) is 12.4. The molecule has 184 valence electrons. The number of ether oxygens (including phenoxy) is 2. The largest absolute Gasteiger partial charge is 0.494 e. The molecule has 0 aromatic heterocycles. The number of carbonyl (C=O) groups is 3. The molecule has 0 spiro atoms. The molecule has 34 heavy (non-hydrogen) atoms. The monoisotopic (exact) mass is 470 g/mol. The second kappa shape index (κ2) is 11.4. The van der Waals surface area contributed by atoms with Gasteiger partial charge in [-0.3, -0.25) is 19.7 Å². The molecule has 2 fully saturated rings. The number of rotatable bonds is 10. The van der Waals surface area contributed by atoms with Crippen LogP contribution in [0, 0.1) is 0 Å². The Morgan fingerprint density at radius 2 is 2.00 bits per heavy atom. The van der Waals surface area contributed by atoms with Crippen molar-refractivity contribution < 1.29 is 23.9 Å². The number of hydrogen-bond donors (Lipinski definition) is 1. The fourth-order valence-electron chi connectivity index (χ4n) is 4.75. The number of hydrogen-bond acceptors (Lipinski definition) is 7. The molecule has 0 unspecified atom stereocenters. The van der Waals surface area contributed by atoms with Crippen LogP contribution in [0.15, 0.2) is 23.2 Å². The Morgan fingerprint density at radius 3 is 2.79 bits per heavy atom. The van der Waals surface area contributed by atoms with Crippen LogP contribution in [-0.4, -0.2) is 65.9 Å². The normalized spacial score (nSPS) is 17.4. The predicted molar refractivity (Wildman–Crippen MR) is 127 cm³/mol. The van der Waals surface area contributed by atoms with E-state index in [1.807, 2.05) is 28.0 Å². The first-order valence-electron chi connectivity index (χ1n) is 12.4. The second-order valence-electron chi connectivity index (χ2n) is 9.04. The summed E-state index contributed by atoms with van der Waals surface area (Å²) in [5, 5.41) is 2.76. The summed E-state index contributed by atoms with van der Waals surface area (Å²) in [7, 11) is 0. The van der Waals surface area contributed by atoms with E-state index in [0.29, 0.717) is 51.5 Å². The standard InChI is InChI=1S/C25H34N4O5/c1-2-24(32)34-14-12-29(19-7-4-3-5-8-19)23(31)9-6-13-33-20-10-11-21-18(15-20)16-28-17-22(30)27-25(28)26-21/h10-11,15,19H,2-9,12-14,16-17H2,1H3,(H,26,27,30). The van der Waals surface area contributed by atoms with Crippen molar-refractivity contribution in [2.75, 3.05) is 26.3 Å².